The lowest BCUT2D eigenvalue weighted by Gasteiger charge is -2.35. The van der Waals surface area contributed by atoms with Gasteiger partial charge in [-0.25, -0.2) is 0 Å². The molecule has 1 aliphatic heterocycles. The molecule has 0 spiro atoms. The van der Waals surface area contributed by atoms with E-state index < -0.39 is 6.10 Å². The molecule has 1 aromatic rings. The number of thiophene rings is 1. The number of aliphatic hydroxyl groups is 1. The molecule has 1 aromatic heterocycles. The first-order chi connectivity index (χ1) is 7.70. The summed E-state index contributed by atoms with van der Waals surface area (Å²) in [7, 11) is 0. The topological polar surface area (TPSA) is 41.5 Å². The molecule has 2 heterocycles. The molecule has 1 fully saturated rings. The van der Waals surface area contributed by atoms with Crippen LogP contribution >= 0.6 is 11.3 Å². The van der Waals surface area contributed by atoms with E-state index >= 15 is 0 Å². The van der Waals surface area contributed by atoms with Crippen molar-refractivity contribution in [3.05, 3.63) is 22.4 Å². The zero-order valence-electron chi connectivity index (χ0n) is 9.61. The van der Waals surface area contributed by atoms with Crippen LogP contribution in [-0.2, 0) is 4.74 Å². The summed E-state index contributed by atoms with van der Waals surface area (Å²) in [6, 6.07) is 3.94. The summed E-state index contributed by atoms with van der Waals surface area (Å²) < 4.78 is 5.47. The van der Waals surface area contributed by atoms with Crippen molar-refractivity contribution >= 4 is 11.3 Å². The summed E-state index contributed by atoms with van der Waals surface area (Å²) in [6.45, 7) is 4.36. The molecular formula is C12H19NO2S. The molecule has 1 saturated heterocycles. The Labute approximate surface area is 100 Å². The van der Waals surface area contributed by atoms with Gasteiger partial charge >= 0.3 is 0 Å². The summed E-state index contributed by atoms with van der Waals surface area (Å²) in [6.07, 6.45) is 1.81. The van der Waals surface area contributed by atoms with E-state index in [2.05, 4.69) is 12.2 Å². The number of β-amino-alcohol motifs (C(OH)–C–C–N with tert-alkyl or cyclic N) is 1. The number of hydrogen-bond donors (Lipinski definition) is 2. The summed E-state index contributed by atoms with van der Waals surface area (Å²) in [5.41, 5.74) is 0.0243. The third-order valence-corrected chi connectivity index (χ3v) is 4.01. The van der Waals surface area contributed by atoms with Crippen molar-refractivity contribution in [3.8, 4) is 0 Å². The molecule has 2 rings (SSSR count). The summed E-state index contributed by atoms with van der Waals surface area (Å²) in [4.78, 5) is 1.02. The van der Waals surface area contributed by atoms with Crippen LogP contribution in [0.3, 0.4) is 0 Å². The lowest BCUT2D eigenvalue weighted by molar-refractivity contribution is 0.0223. The molecule has 2 atom stereocenters. The van der Waals surface area contributed by atoms with Gasteiger partial charge in [0.25, 0.3) is 0 Å². The van der Waals surface area contributed by atoms with Crippen LogP contribution in [0.5, 0.6) is 0 Å². The normalized spacial score (nSPS) is 27.9. The van der Waals surface area contributed by atoms with Gasteiger partial charge in [-0.05, 0) is 31.2 Å². The fourth-order valence-corrected chi connectivity index (χ4v) is 2.71. The lowest BCUT2D eigenvalue weighted by Crippen LogP contribution is -2.50. The van der Waals surface area contributed by atoms with Gasteiger partial charge in [0.15, 0.2) is 0 Å². The predicted octanol–water partition coefficient (Wildman–Crippen LogP) is 1.94. The van der Waals surface area contributed by atoms with Crippen LogP contribution in [0.2, 0.25) is 0 Å². The van der Waals surface area contributed by atoms with Crippen LogP contribution in [0.1, 0.15) is 30.7 Å². The van der Waals surface area contributed by atoms with E-state index in [0.29, 0.717) is 6.54 Å². The van der Waals surface area contributed by atoms with Crippen molar-refractivity contribution in [1.82, 2.24) is 5.32 Å². The van der Waals surface area contributed by atoms with Crippen LogP contribution in [0.25, 0.3) is 0 Å². The molecular weight excluding hydrogens is 222 g/mol. The smallest absolute Gasteiger partial charge is 0.101 e. The Bertz CT molecular complexity index is 307. The second kappa shape index (κ2) is 5.27. The maximum Gasteiger partial charge on any atom is 0.101 e. The van der Waals surface area contributed by atoms with Crippen molar-refractivity contribution in [2.24, 2.45) is 0 Å². The predicted molar refractivity (Wildman–Crippen MR) is 65.7 cm³/mol. The molecule has 0 bridgehead atoms. The first kappa shape index (κ1) is 12.0. The highest BCUT2D eigenvalue weighted by molar-refractivity contribution is 7.10. The standard InChI is InChI=1S/C12H19NO2S/c1-12(5-3-6-15-9-12)13-8-10(14)11-4-2-7-16-11/h2,4,7,10,13-14H,3,5-6,8-9H2,1H3. The van der Waals surface area contributed by atoms with E-state index in [4.69, 9.17) is 4.74 Å². The van der Waals surface area contributed by atoms with Crippen LogP contribution in [0.15, 0.2) is 17.5 Å². The quantitative estimate of drug-likeness (QED) is 0.846. The SMILES string of the molecule is CC1(NCC(O)c2cccs2)CCCOC1. The van der Waals surface area contributed by atoms with Crippen molar-refractivity contribution in [2.75, 3.05) is 19.8 Å². The Morgan fingerprint density at radius 1 is 1.69 bits per heavy atom. The van der Waals surface area contributed by atoms with Crippen LogP contribution in [0.4, 0.5) is 0 Å². The third-order valence-electron chi connectivity index (χ3n) is 3.03. The maximum absolute atomic E-state index is 9.96. The van der Waals surface area contributed by atoms with Gasteiger partial charge in [-0.2, -0.15) is 0 Å². The molecule has 16 heavy (non-hydrogen) atoms. The zero-order valence-corrected chi connectivity index (χ0v) is 10.4. The highest BCUT2D eigenvalue weighted by Gasteiger charge is 2.27. The van der Waals surface area contributed by atoms with Crippen LogP contribution < -0.4 is 5.32 Å². The Kier molecular flexibility index (Phi) is 3.97. The van der Waals surface area contributed by atoms with Gasteiger partial charge in [0.05, 0.1) is 6.61 Å². The molecule has 4 heteroatoms. The van der Waals surface area contributed by atoms with Gasteiger partial charge in [0.2, 0.25) is 0 Å². The van der Waals surface area contributed by atoms with Crippen molar-refractivity contribution < 1.29 is 9.84 Å². The van der Waals surface area contributed by atoms with Crippen LogP contribution in [-0.4, -0.2) is 30.4 Å². The van der Waals surface area contributed by atoms with Gasteiger partial charge in [-0.15, -0.1) is 11.3 Å². The van der Waals surface area contributed by atoms with E-state index in [1.807, 2.05) is 17.5 Å². The largest absolute Gasteiger partial charge is 0.386 e. The van der Waals surface area contributed by atoms with Crippen molar-refractivity contribution in [2.45, 2.75) is 31.4 Å². The van der Waals surface area contributed by atoms with Gasteiger partial charge < -0.3 is 15.2 Å². The summed E-state index contributed by atoms with van der Waals surface area (Å²) in [5.74, 6) is 0. The first-order valence-corrected chi connectivity index (χ1v) is 6.62. The summed E-state index contributed by atoms with van der Waals surface area (Å²) in [5, 5.41) is 15.4. The molecule has 3 nitrogen and oxygen atoms in total. The molecule has 0 amide bonds. The van der Waals surface area contributed by atoms with E-state index in [1.54, 1.807) is 11.3 Å². The molecule has 0 radical (unpaired) electrons. The molecule has 0 saturated carbocycles. The number of ether oxygens (including phenoxy) is 1. The van der Waals surface area contributed by atoms with Crippen molar-refractivity contribution in [3.63, 3.8) is 0 Å². The first-order valence-electron chi connectivity index (χ1n) is 5.74. The van der Waals surface area contributed by atoms with E-state index in [-0.39, 0.29) is 5.54 Å². The lowest BCUT2D eigenvalue weighted by atomic mass is 9.95. The molecule has 2 unspecified atom stereocenters. The van der Waals surface area contributed by atoms with E-state index in [1.165, 1.54) is 0 Å². The number of nitrogens with one attached hydrogen (secondary N) is 1. The molecule has 2 N–H and O–H groups in total. The average molecular weight is 241 g/mol. The van der Waals surface area contributed by atoms with Gasteiger partial charge in [0.1, 0.15) is 6.10 Å². The van der Waals surface area contributed by atoms with E-state index in [9.17, 15) is 5.11 Å². The second-order valence-corrected chi connectivity index (χ2v) is 5.61. The monoisotopic (exact) mass is 241 g/mol. The molecule has 0 aliphatic carbocycles. The Morgan fingerprint density at radius 3 is 3.19 bits per heavy atom. The number of rotatable bonds is 4. The third kappa shape index (κ3) is 3.04. The Morgan fingerprint density at radius 2 is 2.56 bits per heavy atom. The fraction of sp³-hybridized carbons (Fsp3) is 0.667. The van der Waals surface area contributed by atoms with Crippen LogP contribution in [0, 0.1) is 0 Å². The average Bonchev–Trinajstić information content (AvgIpc) is 2.80. The maximum atomic E-state index is 9.96. The summed E-state index contributed by atoms with van der Waals surface area (Å²) >= 11 is 1.60. The van der Waals surface area contributed by atoms with E-state index in [0.717, 1.165) is 30.9 Å². The second-order valence-electron chi connectivity index (χ2n) is 4.63. The minimum absolute atomic E-state index is 0.0243. The Hall–Kier alpha value is -0.420. The molecule has 0 aromatic carbocycles. The Balaban J connectivity index is 1.82. The highest BCUT2D eigenvalue weighted by Crippen LogP contribution is 2.21. The van der Waals surface area contributed by atoms with Gasteiger partial charge in [0, 0.05) is 23.6 Å². The van der Waals surface area contributed by atoms with Gasteiger partial charge in [-0.3, -0.25) is 0 Å². The molecule has 1 aliphatic rings. The van der Waals surface area contributed by atoms with Crippen molar-refractivity contribution in [1.29, 1.82) is 0 Å². The highest BCUT2D eigenvalue weighted by atomic mass is 32.1. The number of aliphatic hydroxyl groups excluding tert-OH is 1. The minimum Gasteiger partial charge on any atom is -0.386 e. The van der Waals surface area contributed by atoms with Gasteiger partial charge in [-0.1, -0.05) is 6.07 Å². The zero-order chi connectivity index (χ0) is 11.4. The fourth-order valence-electron chi connectivity index (χ4n) is 2.00. The minimum atomic E-state index is -0.404. The molecule has 90 valence electrons. The number of hydrogen-bond acceptors (Lipinski definition) is 4.